The zero-order valence-corrected chi connectivity index (χ0v) is 23.0. The number of amides is 2. The van der Waals surface area contributed by atoms with E-state index in [1.165, 1.54) is 23.1 Å². The summed E-state index contributed by atoms with van der Waals surface area (Å²) in [6, 6.07) is 19.8. The third kappa shape index (κ3) is 6.84. The highest BCUT2D eigenvalue weighted by Crippen LogP contribution is 2.25. The minimum Gasteiger partial charge on any atom is -0.352 e. The number of nitrogens with zero attached hydrogens (tertiary/aromatic N) is 2. The summed E-state index contributed by atoms with van der Waals surface area (Å²) in [6.07, 6.45) is 3.80. The number of anilines is 1. The van der Waals surface area contributed by atoms with Crippen LogP contribution < -0.4 is 9.62 Å². The lowest BCUT2D eigenvalue weighted by atomic mass is 10.1. The predicted octanol–water partition coefficient (Wildman–Crippen LogP) is 4.81. The van der Waals surface area contributed by atoms with Crippen molar-refractivity contribution in [3.05, 3.63) is 95.8 Å². The minimum absolute atomic E-state index is 0.0334. The molecule has 1 saturated carbocycles. The van der Waals surface area contributed by atoms with Crippen molar-refractivity contribution in [2.24, 2.45) is 0 Å². The largest absolute Gasteiger partial charge is 0.352 e. The Morgan fingerprint density at radius 2 is 1.56 bits per heavy atom. The Morgan fingerprint density at radius 3 is 2.21 bits per heavy atom. The van der Waals surface area contributed by atoms with E-state index in [-0.39, 0.29) is 29.0 Å². The number of hydrogen-bond acceptors (Lipinski definition) is 4. The smallest absolute Gasteiger partial charge is 0.264 e. The highest BCUT2D eigenvalue weighted by molar-refractivity contribution is 7.92. The maximum absolute atomic E-state index is 14.6. The molecule has 1 aliphatic rings. The molecule has 0 saturated heterocycles. The fourth-order valence-electron chi connectivity index (χ4n) is 4.74. The van der Waals surface area contributed by atoms with Crippen LogP contribution in [0.1, 0.15) is 43.7 Å². The van der Waals surface area contributed by atoms with Crippen molar-refractivity contribution >= 4 is 27.5 Å². The van der Waals surface area contributed by atoms with Crippen LogP contribution in [-0.2, 0) is 26.2 Å². The van der Waals surface area contributed by atoms with Gasteiger partial charge >= 0.3 is 0 Å². The monoisotopic (exact) mass is 551 g/mol. The summed E-state index contributed by atoms with van der Waals surface area (Å²) in [6.45, 7) is 2.73. The Kier molecular flexibility index (Phi) is 9.01. The third-order valence-corrected chi connectivity index (χ3v) is 8.89. The first-order chi connectivity index (χ1) is 18.7. The molecular formula is C30H34FN3O4S. The Labute approximate surface area is 229 Å². The van der Waals surface area contributed by atoms with Crippen molar-refractivity contribution in [3.63, 3.8) is 0 Å². The van der Waals surface area contributed by atoms with E-state index >= 15 is 0 Å². The van der Waals surface area contributed by atoms with E-state index in [4.69, 9.17) is 0 Å². The van der Waals surface area contributed by atoms with Gasteiger partial charge in [0.25, 0.3) is 10.0 Å². The van der Waals surface area contributed by atoms with Crippen LogP contribution in [0.2, 0.25) is 0 Å². The van der Waals surface area contributed by atoms with E-state index in [1.54, 1.807) is 67.6 Å². The second kappa shape index (κ2) is 12.4. The number of aryl methyl sites for hydroxylation is 1. The van der Waals surface area contributed by atoms with Gasteiger partial charge in [0.1, 0.15) is 18.4 Å². The molecule has 0 spiro atoms. The highest BCUT2D eigenvalue weighted by Gasteiger charge is 2.33. The maximum atomic E-state index is 14.6. The number of sulfonamides is 1. The van der Waals surface area contributed by atoms with Gasteiger partial charge in [0.15, 0.2) is 0 Å². The van der Waals surface area contributed by atoms with E-state index < -0.39 is 34.3 Å². The number of halogens is 1. The second-order valence-electron chi connectivity index (χ2n) is 9.94. The molecule has 39 heavy (non-hydrogen) atoms. The molecule has 7 nitrogen and oxygen atoms in total. The molecule has 1 fully saturated rings. The zero-order valence-electron chi connectivity index (χ0n) is 22.2. The summed E-state index contributed by atoms with van der Waals surface area (Å²) in [4.78, 5) is 28.4. The average molecular weight is 552 g/mol. The van der Waals surface area contributed by atoms with E-state index in [2.05, 4.69) is 5.32 Å². The van der Waals surface area contributed by atoms with Crippen molar-refractivity contribution in [1.29, 1.82) is 0 Å². The molecule has 0 aromatic heterocycles. The summed E-state index contributed by atoms with van der Waals surface area (Å²) in [7, 11) is -4.13. The number of carbonyl (C=O) groups is 2. The van der Waals surface area contributed by atoms with Gasteiger partial charge in [-0.05, 0) is 57.0 Å². The van der Waals surface area contributed by atoms with E-state index in [0.717, 1.165) is 35.6 Å². The maximum Gasteiger partial charge on any atom is 0.264 e. The molecular weight excluding hydrogens is 517 g/mol. The van der Waals surface area contributed by atoms with Crippen LogP contribution in [-0.4, -0.2) is 43.8 Å². The molecule has 3 aromatic rings. The van der Waals surface area contributed by atoms with Crippen LogP contribution in [0.3, 0.4) is 0 Å². The van der Waals surface area contributed by atoms with Crippen molar-refractivity contribution in [2.45, 2.75) is 63.1 Å². The first-order valence-electron chi connectivity index (χ1n) is 13.1. The van der Waals surface area contributed by atoms with Gasteiger partial charge in [-0.1, -0.05) is 66.9 Å². The zero-order chi connectivity index (χ0) is 28.0. The van der Waals surface area contributed by atoms with Gasteiger partial charge in [-0.3, -0.25) is 13.9 Å². The number of benzene rings is 3. The van der Waals surface area contributed by atoms with Gasteiger partial charge in [0.2, 0.25) is 11.8 Å². The molecule has 1 aliphatic carbocycles. The van der Waals surface area contributed by atoms with Crippen molar-refractivity contribution in [1.82, 2.24) is 10.2 Å². The summed E-state index contributed by atoms with van der Waals surface area (Å²) in [5.41, 5.74) is 1.48. The van der Waals surface area contributed by atoms with Gasteiger partial charge in [-0.25, -0.2) is 12.8 Å². The number of carbonyl (C=O) groups excluding carboxylic acids is 2. The minimum atomic E-state index is -4.13. The van der Waals surface area contributed by atoms with E-state index in [1.807, 2.05) is 6.92 Å². The summed E-state index contributed by atoms with van der Waals surface area (Å²) >= 11 is 0. The highest BCUT2D eigenvalue weighted by atomic mass is 32.2. The molecule has 0 aliphatic heterocycles. The van der Waals surface area contributed by atoms with Gasteiger partial charge in [0, 0.05) is 18.2 Å². The van der Waals surface area contributed by atoms with Crippen LogP contribution in [0, 0.1) is 12.7 Å². The Hall–Kier alpha value is -3.72. The first-order valence-corrected chi connectivity index (χ1v) is 14.6. The molecule has 3 aromatic carbocycles. The second-order valence-corrected chi connectivity index (χ2v) is 11.8. The van der Waals surface area contributed by atoms with E-state index in [9.17, 15) is 22.4 Å². The molecule has 4 rings (SSSR count). The molecule has 9 heteroatoms. The molecule has 0 bridgehead atoms. The fraction of sp³-hybridized carbons (Fsp3) is 0.333. The van der Waals surface area contributed by atoms with Crippen LogP contribution in [0.5, 0.6) is 0 Å². The third-order valence-electron chi connectivity index (χ3n) is 7.10. The molecule has 0 radical (unpaired) electrons. The van der Waals surface area contributed by atoms with Crippen LogP contribution in [0.25, 0.3) is 0 Å². The quantitative estimate of drug-likeness (QED) is 0.392. The first kappa shape index (κ1) is 28.3. The summed E-state index contributed by atoms with van der Waals surface area (Å²) in [5, 5.41) is 3.00. The van der Waals surface area contributed by atoms with Gasteiger partial charge in [0.05, 0.1) is 10.6 Å². The topological polar surface area (TPSA) is 86.8 Å². The molecule has 0 heterocycles. The van der Waals surface area contributed by atoms with Crippen LogP contribution >= 0.6 is 0 Å². The summed E-state index contributed by atoms with van der Waals surface area (Å²) < 4.78 is 43.2. The Morgan fingerprint density at radius 1 is 0.949 bits per heavy atom. The summed E-state index contributed by atoms with van der Waals surface area (Å²) in [5.74, 6) is -1.47. The van der Waals surface area contributed by atoms with Crippen molar-refractivity contribution in [2.75, 3.05) is 10.8 Å². The Bertz CT molecular complexity index is 1390. The predicted molar refractivity (Wildman–Crippen MR) is 149 cm³/mol. The Balaban J connectivity index is 1.68. The normalized spacial score (nSPS) is 14.5. The van der Waals surface area contributed by atoms with Crippen LogP contribution in [0.15, 0.2) is 83.8 Å². The van der Waals surface area contributed by atoms with Crippen molar-refractivity contribution < 1.29 is 22.4 Å². The van der Waals surface area contributed by atoms with Crippen molar-refractivity contribution in [3.8, 4) is 0 Å². The molecule has 1 N–H and O–H groups in total. The SMILES string of the molecule is Cc1ccc(N(CC(=O)N(Cc2ccccc2F)[C@@H](C)C(=O)NC2CCCC2)S(=O)(=O)c2ccccc2)cc1. The molecule has 206 valence electrons. The lowest BCUT2D eigenvalue weighted by molar-refractivity contribution is -0.139. The molecule has 2 amide bonds. The lowest BCUT2D eigenvalue weighted by Gasteiger charge is -2.32. The standard InChI is InChI=1S/C30H34FN3O4S/c1-22-16-18-26(19-17-22)34(39(37,38)27-13-4-3-5-14-27)21-29(35)33(20-24-10-6-9-15-28(24)31)23(2)30(36)32-25-11-7-8-12-25/h3-6,9-10,13-19,23,25H,7-8,11-12,20-21H2,1-2H3,(H,32,36)/t23-/m0/s1. The van der Waals surface area contributed by atoms with Gasteiger partial charge < -0.3 is 10.2 Å². The molecule has 0 unspecified atom stereocenters. The number of rotatable bonds is 10. The average Bonchev–Trinajstić information content (AvgIpc) is 3.45. The lowest BCUT2D eigenvalue weighted by Crippen LogP contribution is -2.52. The number of hydrogen-bond donors (Lipinski definition) is 1. The van der Waals surface area contributed by atoms with Crippen LogP contribution in [0.4, 0.5) is 10.1 Å². The van der Waals surface area contributed by atoms with E-state index in [0.29, 0.717) is 5.69 Å². The fourth-order valence-corrected chi connectivity index (χ4v) is 6.18. The number of nitrogens with one attached hydrogen (secondary N) is 1. The molecule has 1 atom stereocenters. The van der Waals surface area contributed by atoms with Gasteiger partial charge in [-0.2, -0.15) is 0 Å². The van der Waals surface area contributed by atoms with Gasteiger partial charge in [-0.15, -0.1) is 0 Å².